The first-order chi connectivity index (χ1) is 4.89. The van der Waals surface area contributed by atoms with Gasteiger partial charge in [-0.25, -0.2) is 4.79 Å². The van der Waals surface area contributed by atoms with Crippen LogP contribution in [0, 0.1) is 0 Å². The van der Waals surface area contributed by atoms with Crippen LogP contribution in [0.3, 0.4) is 0 Å². The molecule has 3 heteroatoms. The Kier molecular flexibility index (Phi) is 3.52. The summed E-state index contributed by atoms with van der Waals surface area (Å²) < 4.78 is 5.49. The van der Waals surface area contributed by atoms with Gasteiger partial charge in [0.15, 0.2) is 6.04 Å². The average Bonchev–Trinajstić information content (AvgIpc) is 1.85. The van der Waals surface area contributed by atoms with Crippen LogP contribution in [0.5, 0.6) is 0 Å². The number of ether oxygens (including phenoxy) is 1. The number of likely N-dealkylation sites (N-methyl/N-ethyl adjacent to an activating group) is 1. The van der Waals surface area contributed by atoms with Gasteiger partial charge in [0.2, 0.25) is 0 Å². The molecule has 0 saturated carbocycles. The molecule has 11 heavy (non-hydrogen) atoms. The highest BCUT2D eigenvalue weighted by molar-refractivity contribution is 5.73. The van der Waals surface area contributed by atoms with Gasteiger partial charge in [0.25, 0.3) is 0 Å². The van der Waals surface area contributed by atoms with Crippen molar-refractivity contribution in [1.29, 1.82) is 0 Å². The van der Waals surface area contributed by atoms with Gasteiger partial charge in [0.05, 0.1) is 27.7 Å². The Labute approximate surface area is 68.5 Å². The number of esters is 1. The number of nitrogens with zero attached hydrogens (tertiary/aromatic N) is 1. The molecule has 0 spiro atoms. The fourth-order valence-corrected chi connectivity index (χ4v) is 0.579. The number of carbonyl (C=O) groups is 1. The standard InChI is InChI=1S/C8H18NO2/c1-6-11-8(10)7(2)9(3,4)5/h7H,6H2,1-5H3/q+1/t7-/m0/s1. The van der Waals surface area contributed by atoms with Crippen LogP contribution in [-0.4, -0.2) is 44.2 Å². The molecular formula is C8H18NO2+. The molecule has 0 aliphatic rings. The van der Waals surface area contributed by atoms with Gasteiger partial charge in [0, 0.05) is 0 Å². The summed E-state index contributed by atoms with van der Waals surface area (Å²) in [7, 11) is 5.92. The van der Waals surface area contributed by atoms with Gasteiger partial charge in [-0.3, -0.25) is 0 Å². The first-order valence-electron chi connectivity index (χ1n) is 3.87. The molecule has 0 rings (SSSR count). The van der Waals surface area contributed by atoms with E-state index < -0.39 is 0 Å². The van der Waals surface area contributed by atoms with Gasteiger partial charge in [-0.2, -0.15) is 0 Å². The largest absolute Gasteiger partial charge is 0.462 e. The summed E-state index contributed by atoms with van der Waals surface area (Å²) >= 11 is 0. The predicted molar refractivity (Wildman–Crippen MR) is 44.1 cm³/mol. The van der Waals surface area contributed by atoms with E-state index in [4.69, 9.17) is 4.74 Å². The monoisotopic (exact) mass is 160 g/mol. The minimum atomic E-state index is -0.125. The maximum atomic E-state index is 11.2. The summed E-state index contributed by atoms with van der Waals surface area (Å²) in [6, 6.07) is -0.0880. The normalized spacial score (nSPS) is 14.3. The lowest BCUT2D eigenvalue weighted by Crippen LogP contribution is -2.48. The SMILES string of the molecule is CCOC(=O)[C@H](C)[N+](C)(C)C. The number of hydrogen-bond donors (Lipinski definition) is 0. The Bertz CT molecular complexity index is 138. The van der Waals surface area contributed by atoms with Crippen LogP contribution in [0.2, 0.25) is 0 Å². The van der Waals surface area contributed by atoms with Crippen molar-refractivity contribution in [2.24, 2.45) is 0 Å². The minimum Gasteiger partial charge on any atom is -0.462 e. The van der Waals surface area contributed by atoms with Crippen LogP contribution >= 0.6 is 0 Å². The highest BCUT2D eigenvalue weighted by atomic mass is 16.5. The fraction of sp³-hybridized carbons (Fsp3) is 0.875. The van der Waals surface area contributed by atoms with Crippen LogP contribution < -0.4 is 0 Å². The Hall–Kier alpha value is -0.570. The summed E-state index contributed by atoms with van der Waals surface area (Å²) in [4.78, 5) is 11.2. The van der Waals surface area contributed by atoms with Crippen molar-refractivity contribution < 1.29 is 14.0 Å². The third-order valence-corrected chi connectivity index (χ3v) is 1.79. The van der Waals surface area contributed by atoms with E-state index in [0.717, 1.165) is 0 Å². The van der Waals surface area contributed by atoms with E-state index in [1.807, 2.05) is 35.0 Å². The lowest BCUT2D eigenvalue weighted by molar-refractivity contribution is -0.885. The maximum Gasteiger partial charge on any atom is 0.364 e. The van der Waals surface area contributed by atoms with Crippen LogP contribution in [0.4, 0.5) is 0 Å². The second kappa shape index (κ2) is 3.72. The average molecular weight is 160 g/mol. The predicted octanol–water partition coefficient (Wildman–Crippen LogP) is 0.644. The molecule has 66 valence electrons. The summed E-state index contributed by atoms with van der Waals surface area (Å²) in [6.07, 6.45) is 0. The molecule has 0 aromatic heterocycles. The molecule has 0 aromatic carbocycles. The molecule has 0 amide bonds. The van der Waals surface area contributed by atoms with E-state index in [1.165, 1.54) is 0 Å². The van der Waals surface area contributed by atoms with Crippen LogP contribution in [0.25, 0.3) is 0 Å². The summed E-state index contributed by atoms with van der Waals surface area (Å²) in [6.45, 7) is 4.15. The zero-order chi connectivity index (χ0) is 9.07. The zero-order valence-corrected chi connectivity index (χ0v) is 8.05. The molecule has 0 aliphatic carbocycles. The van der Waals surface area contributed by atoms with Crippen molar-refractivity contribution >= 4 is 5.97 Å². The Morgan fingerprint density at radius 2 is 1.91 bits per heavy atom. The third-order valence-electron chi connectivity index (χ3n) is 1.79. The molecule has 0 aliphatic heterocycles. The van der Waals surface area contributed by atoms with Crippen molar-refractivity contribution in [1.82, 2.24) is 0 Å². The highest BCUT2D eigenvalue weighted by Crippen LogP contribution is 2.03. The summed E-state index contributed by atoms with van der Waals surface area (Å²) in [5.74, 6) is -0.125. The molecule has 0 bridgehead atoms. The van der Waals surface area contributed by atoms with Gasteiger partial charge >= 0.3 is 5.97 Å². The minimum absolute atomic E-state index is 0.0880. The van der Waals surface area contributed by atoms with E-state index in [2.05, 4.69) is 0 Å². The van der Waals surface area contributed by atoms with E-state index in [0.29, 0.717) is 11.1 Å². The lowest BCUT2D eigenvalue weighted by atomic mass is 10.3. The quantitative estimate of drug-likeness (QED) is 0.447. The third kappa shape index (κ3) is 3.37. The number of hydrogen-bond acceptors (Lipinski definition) is 2. The van der Waals surface area contributed by atoms with Gasteiger partial charge in [-0.1, -0.05) is 0 Å². The van der Waals surface area contributed by atoms with Gasteiger partial charge in [0.1, 0.15) is 0 Å². The molecule has 0 radical (unpaired) electrons. The Morgan fingerprint density at radius 3 is 2.18 bits per heavy atom. The highest BCUT2D eigenvalue weighted by Gasteiger charge is 2.27. The molecule has 3 nitrogen and oxygen atoms in total. The van der Waals surface area contributed by atoms with Gasteiger partial charge in [-0.15, -0.1) is 0 Å². The zero-order valence-electron chi connectivity index (χ0n) is 8.05. The second-order valence-corrected chi connectivity index (χ2v) is 3.54. The smallest absolute Gasteiger partial charge is 0.364 e. The van der Waals surface area contributed by atoms with E-state index >= 15 is 0 Å². The van der Waals surface area contributed by atoms with Crippen LogP contribution in [0.15, 0.2) is 0 Å². The first kappa shape index (κ1) is 10.4. The van der Waals surface area contributed by atoms with Crippen molar-refractivity contribution in [2.75, 3.05) is 27.7 Å². The molecule has 0 heterocycles. The van der Waals surface area contributed by atoms with E-state index in [1.54, 1.807) is 0 Å². The summed E-state index contributed by atoms with van der Waals surface area (Å²) in [5.41, 5.74) is 0. The topological polar surface area (TPSA) is 26.3 Å². The molecular weight excluding hydrogens is 142 g/mol. The molecule has 0 unspecified atom stereocenters. The Morgan fingerprint density at radius 1 is 1.45 bits per heavy atom. The van der Waals surface area contributed by atoms with E-state index in [-0.39, 0.29) is 12.0 Å². The molecule has 0 saturated heterocycles. The van der Waals surface area contributed by atoms with Crippen molar-refractivity contribution in [3.63, 3.8) is 0 Å². The maximum absolute atomic E-state index is 11.2. The molecule has 1 atom stereocenters. The number of carbonyl (C=O) groups excluding carboxylic acids is 1. The number of quaternary nitrogens is 1. The van der Waals surface area contributed by atoms with Gasteiger partial charge in [-0.05, 0) is 13.8 Å². The molecule has 0 fully saturated rings. The fourth-order valence-electron chi connectivity index (χ4n) is 0.579. The first-order valence-corrected chi connectivity index (χ1v) is 3.87. The number of rotatable bonds is 3. The van der Waals surface area contributed by atoms with Crippen molar-refractivity contribution in [3.05, 3.63) is 0 Å². The second-order valence-electron chi connectivity index (χ2n) is 3.54. The van der Waals surface area contributed by atoms with Crippen molar-refractivity contribution in [2.45, 2.75) is 19.9 Å². The summed E-state index contributed by atoms with van der Waals surface area (Å²) in [5, 5.41) is 0. The van der Waals surface area contributed by atoms with Gasteiger partial charge < -0.3 is 9.22 Å². The van der Waals surface area contributed by atoms with E-state index in [9.17, 15) is 4.79 Å². The van der Waals surface area contributed by atoms with Crippen LogP contribution in [0.1, 0.15) is 13.8 Å². The molecule has 0 N–H and O–H groups in total. The van der Waals surface area contributed by atoms with Crippen LogP contribution in [-0.2, 0) is 9.53 Å². The Balaban J connectivity index is 4.03. The van der Waals surface area contributed by atoms with Crippen molar-refractivity contribution in [3.8, 4) is 0 Å². The molecule has 0 aromatic rings. The lowest BCUT2D eigenvalue weighted by Gasteiger charge is -2.29.